The zero-order chi connectivity index (χ0) is 15.3. The average Bonchev–Trinajstić information content (AvgIpc) is 2.48. The number of benzene rings is 1. The molecule has 21 heavy (non-hydrogen) atoms. The molecule has 0 aliphatic rings. The molecular weight excluding hydrogens is 262 g/mol. The number of hydrogen-bond acceptors (Lipinski definition) is 3. The maximum absolute atomic E-state index is 12.1. The van der Waals surface area contributed by atoms with Crippen LogP contribution in [0.1, 0.15) is 29.8 Å². The Morgan fingerprint density at radius 2 is 1.76 bits per heavy atom. The first-order chi connectivity index (χ1) is 10.00. The number of pyridine rings is 1. The molecule has 4 nitrogen and oxygen atoms in total. The quantitative estimate of drug-likeness (QED) is 0.886. The predicted octanol–water partition coefficient (Wildman–Crippen LogP) is 2.86. The summed E-state index contributed by atoms with van der Waals surface area (Å²) in [4.78, 5) is 16.0. The Kier molecular flexibility index (Phi) is 4.70. The van der Waals surface area contributed by atoms with Crippen LogP contribution < -0.4 is 11.1 Å². The summed E-state index contributed by atoms with van der Waals surface area (Å²) in [5.41, 5.74) is 8.38. The lowest BCUT2D eigenvalue weighted by molar-refractivity contribution is 0.102. The fourth-order valence-corrected chi connectivity index (χ4v) is 2.04. The molecule has 0 spiro atoms. The number of aromatic nitrogens is 1. The number of amides is 1. The van der Waals surface area contributed by atoms with Crippen molar-refractivity contribution in [2.45, 2.75) is 20.3 Å². The Morgan fingerprint density at radius 3 is 2.33 bits per heavy atom. The van der Waals surface area contributed by atoms with Gasteiger partial charge in [0, 0.05) is 23.6 Å². The van der Waals surface area contributed by atoms with Crippen molar-refractivity contribution in [3.63, 3.8) is 0 Å². The van der Waals surface area contributed by atoms with Crippen LogP contribution in [0.15, 0.2) is 48.8 Å². The van der Waals surface area contributed by atoms with Crippen LogP contribution in [0.5, 0.6) is 0 Å². The molecule has 1 aromatic carbocycles. The number of anilines is 1. The normalized spacial score (nSPS) is 11.2. The third kappa shape index (κ3) is 4.39. The molecule has 0 radical (unpaired) electrons. The third-order valence-corrected chi connectivity index (χ3v) is 3.39. The Balaban J connectivity index is 2.03. The van der Waals surface area contributed by atoms with Crippen LogP contribution in [-0.2, 0) is 6.42 Å². The van der Waals surface area contributed by atoms with Crippen molar-refractivity contribution >= 4 is 11.6 Å². The zero-order valence-corrected chi connectivity index (χ0v) is 12.5. The predicted molar refractivity (Wildman–Crippen MR) is 85.2 cm³/mol. The molecule has 0 atom stereocenters. The van der Waals surface area contributed by atoms with E-state index in [1.807, 2.05) is 24.3 Å². The SMILES string of the molecule is CC(C)(CN)Cc1ccc(C(=O)Nc2ccncc2)cc1. The second kappa shape index (κ2) is 6.50. The van der Waals surface area contributed by atoms with E-state index in [1.165, 1.54) is 5.56 Å². The van der Waals surface area contributed by atoms with Gasteiger partial charge in [0.05, 0.1) is 0 Å². The highest BCUT2D eigenvalue weighted by molar-refractivity contribution is 6.04. The van der Waals surface area contributed by atoms with Gasteiger partial charge >= 0.3 is 0 Å². The summed E-state index contributed by atoms with van der Waals surface area (Å²) in [6.45, 7) is 4.91. The second-order valence-electron chi connectivity index (χ2n) is 5.93. The molecule has 0 unspecified atom stereocenters. The lowest BCUT2D eigenvalue weighted by atomic mass is 9.86. The number of nitrogens with zero attached hydrogens (tertiary/aromatic N) is 1. The molecule has 0 fully saturated rings. The summed E-state index contributed by atoms with van der Waals surface area (Å²) < 4.78 is 0. The van der Waals surface area contributed by atoms with Crippen LogP contribution in [0.25, 0.3) is 0 Å². The van der Waals surface area contributed by atoms with E-state index in [2.05, 4.69) is 24.1 Å². The van der Waals surface area contributed by atoms with Crippen LogP contribution in [0, 0.1) is 5.41 Å². The van der Waals surface area contributed by atoms with E-state index in [1.54, 1.807) is 24.5 Å². The van der Waals surface area contributed by atoms with E-state index in [0.717, 1.165) is 12.1 Å². The monoisotopic (exact) mass is 283 g/mol. The van der Waals surface area contributed by atoms with E-state index in [9.17, 15) is 4.79 Å². The van der Waals surface area contributed by atoms with Gasteiger partial charge in [-0.25, -0.2) is 0 Å². The molecule has 2 aromatic rings. The standard InChI is InChI=1S/C17H21N3O/c1-17(2,12-18)11-13-3-5-14(6-4-13)16(21)20-15-7-9-19-10-8-15/h3-10H,11-12,18H2,1-2H3,(H,19,20,21). The maximum Gasteiger partial charge on any atom is 0.255 e. The molecule has 0 bridgehead atoms. The Bertz CT molecular complexity index is 591. The molecule has 110 valence electrons. The molecule has 1 aromatic heterocycles. The lowest BCUT2D eigenvalue weighted by Gasteiger charge is -2.22. The van der Waals surface area contributed by atoms with Crippen molar-refractivity contribution in [3.8, 4) is 0 Å². The molecule has 2 rings (SSSR count). The molecule has 1 heterocycles. The van der Waals surface area contributed by atoms with Gasteiger partial charge in [0.1, 0.15) is 0 Å². The van der Waals surface area contributed by atoms with Gasteiger partial charge in [0.25, 0.3) is 5.91 Å². The first-order valence-electron chi connectivity index (χ1n) is 7.00. The van der Waals surface area contributed by atoms with Crippen molar-refractivity contribution in [3.05, 3.63) is 59.9 Å². The maximum atomic E-state index is 12.1. The van der Waals surface area contributed by atoms with Crippen LogP contribution in [0.2, 0.25) is 0 Å². The largest absolute Gasteiger partial charge is 0.330 e. The number of nitrogens with two attached hydrogens (primary N) is 1. The first kappa shape index (κ1) is 15.2. The van der Waals surface area contributed by atoms with Gasteiger partial charge in [0.15, 0.2) is 0 Å². The van der Waals surface area contributed by atoms with Gasteiger partial charge < -0.3 is 11.1 Å². The molecule has 0 aliphatic heterocycles. The number of nitrogens with one attached hydrogen (secondary N) is 1. The van der Waals surface area contributed by atoms with Crippen LogP contribution in [-0.4, -0.2) is 17.4 Å². The summed E-state index contributed by atoms with van der Waals surface area (Å²) in [5.74, 6) is -0.120. The number of rotatable bonds is 5. The average molecular weight is 283 g/mol. The Hall–Kier alpha value is -2.20. The highest BCUT2D eigenvalue weighted by Crippen LogP contribution is 2.20. The van der Waals surface area contributed by atoms with Gasteiger partial charge in [-0.05, 0) is 48.2 Å². The lowest BCUT2D eigenvalue weighted by Crippen LogP contribution is -2.25. The van der Waals surface area contributed by atoms with Gasteiger partial charge in [-0.1, -0.05) is 26.0 Å². The minimum absolute atomic E-state index is 0.0703. The van der Waals surface area contributed by atoms with E-state index in [-0.39, 0.29) is 11.3 Å². The van der Waals surface area contributed by atoms with Crippen molar-refractivity contribution in [2.75, 3.05) is 11.9 Å². The first-order valence-corrected chi connectivity index (χ1v) is 7.00. The van der Waals surface area contributed by atoms with Gasteiger partial charge in [-0.15, -0.1) is 0 Å². The van der Waals surface area contributed by atoms with Crippen LogP contribution in [0.4, 0.5) is 5.69 Å². The number of hydrogen-bond donors (Lipinski definition) is 2. The smallest absolute Gasteiger partial charge is 0.255 e. The highest BCUT2D eigenvalue weighted by atomic mass is 16.1. The van der Waals surface area contributed by atoms with E-state index in [4.69, 9.17) is 5.73 Å². The topological polar surface area (TPSA) is 68.0 Å². The molecule has 4 heteroatoms. The Labute approximate surface area is 125 Å². The molecule has 1 amide bonds. The highest BCUT2D eigenvalue weighted by Gasteiger charge is 2.16. The summed E-state index contributed by atoms with van der Waals surface area (Å²) in [6.07, 6.45) is 4.19. The van der Waals surface area contributed by atoms with Crippen molar-refractivity contribution in [2.24, 2.45) is 11.1 Å². The minimum atomic E-state index is -0.120. The fourth-order valence-electron chi connectivity index (χ4n) is 2.04. The Morgan fingerprint density at radius 1 is 1.14 bits per heavy atom. The number of carbonyl (C=O) groups excluding carboxylic acids is 1. The molecule has 0 saturated heterocycles. The summed E-state index contributed by atoms with van der Waals surface area (Å²) in [7, 11) is 0. The molecule has 0 aliphatic carbocycles. The molecule has 0 saturated carbocycles. The summed E-state index contributed by atoms with van der Waals surface area (Å²) in [6, 6.07) is 11.2. The third-order valence-electron chi connectivity index (χ3n) is 3.39. The summed E-state index contributed by atoms with van der Waals surface area (Å²) >= 11 is 0. The van der Waals surface area contributed by atoms with Crippen LogP contribution >= 0.6 is 0 Å². The molecule has 3 N–H and O–H groups in total. The van der Waals surface area contributed by atoms with Gasteiger partial charge in [-0.3, -0.25) is 9.78 Å². The molecular formula is C17H21N3O. The summed E-state index contributed by atoms with van der Waals surface area (Å²) in [5, 5.41) is 2.84. The van der Waals surface area contributed by atoms with Crippen molar-refractivity contribution in [1.82, 2.24) is 4.98 Å². The van der Waals surface area contributed by atoms with Crippen molar-refractivity contribution < 1.29 is 4.79 Å². The minimum Gasteiger partial charge on any atom is -0.330 e. The zero-order valence-electron chi connectivity index (χ0n) is 12.5. The second-order valence-corrected chi connectivity index (χ2v) is 5.93. The van der Waals surface area contributed by atoms with Gasteiger partial charge in [0.2, 0.25) is 0 Å². The number of carbonyl (C=O) groups is 1. The van der Waals surface area contributed by atoms with E-state index in [0.29, 0.717) is 12.1 Å². The van der Waals surface area contributed by atoms with Gasteiger partial charge in [-0.2, -0.15) is 0 Å². The fraction of sp³-hybridized carbons (Fsp3) is 0.294. The van der Waals surface area contributed by atoms with E-state index >= 15 is 0 Å². The van der Waals surface area contributed by atoms with Crippen LogP contribution in [0.3, 0.4) is 0 Å². The van der Waals surface area contributed by atoms with E-state index < -0.39 is 0 Å². The van der Waals surface area contributed by atoms with Crippen molar-refractivity contribution in [1.29, 1.82) is 0 Å².